The van der Waals surface area contributed by atoms with Crippen molar-refractivity contribution < 1.29 is 19.4 Å². The molecule has 1 atom stereocenters. The lowest BCUT2D eigenvalue weighted by Gasteiger charge is -2.35. The summed E-state index contributed by atoms with van der Waals surface area (Å²) in [6.07, 6.45) is 2.67. The average Bonchev–Trinajstić information content (AvgIpc) is 2.66. The molecule has 2 aromatic rings. The van der Waals surface area contributed by atoms with Crippen molar-refractivity contribution in [1.82, 2.24) is 5.32 Å². The molecule has 0 fully saturated rings. The second-order valence-corrected chi connectivity index (χ2v) is 6.71. The van der Waals surface area contributed by atoms with Gasteiger partial charge >= 0.3 is 0 Å². The summed E-state index contributed by atoms with van der Waals surface area (Å²) in [5.74, 6) is 1.39. The van der Waals surface area contributed by atoms with E-state index in [-0.39, 0.29) is 18.9 Å². The minimum Gasteiger partial charge on any atom is -0.497 e. The van der Waals surface area contributed by atoms with Gasteiger partial charge in [0.1, 0.15) is 17.1 Å². The second kappa shape index (κ2) is 7.79. The zero-order chi connectivity index (χ0) is 18.6. The Morgan fingerprint density at radius 1 is 1.15 bits per heavy atom. The average molecular weight is 355 g/mol. The van der Waals surface area contributed by atoms with Crippen LogP contribution in [0, 0.1) is 0 Å². The third-order valence-corrected chi connectivity index (χ3v) is 4.93. The van der Waals surface area contributed by atoms with Gasteiger partial charge in [0.05, 0.1) is 27.2 Å². The second-order valence-electron chi connectivity index (χ2n) is 6.71. The van der Waals surface area contributed by atoms with E-state index in [0.29, 0.717) is 6.42 Å². The van der Waals surface area contributed by atoms with E-state index < -0.39 is 5.60 Å². The summed E-state index contributed by atoms with van der Waals surface area (Å²) in [6.45, 7) is 0.204. The zero-order valence-corrected chi connectivity index (χ0v) is 15.2. The number of aryl methyl sites for hydroxylation is 1. The highest BCUT2D eigenvalue weighted by Crippen LogP contribution is 2.36. The summed E-state index contributed by atoms with van der Waals surface area (Å²) in [7, 11) is 3.24. The van der Waals surface area contributed by atoms with E-state index in [4.69, 9.17) is 9.47 Å². The quantitative estimate of drug-likeness (QED) is 0.836. The summed E-state index contributed by atoms with van der Waals surface area (Å²) in [5, 5.41) is 14.0. The molecule has 1 unspecified atom stereocenters. The highest BCUT2D eigenvalue weighted by atomic mass is 16.5. The summed E-state index contributed by atoms with van der Waals surface area (Å²) in [4.78, 5) is 12.3. The summed E-state index contributed by atoms with van der Waals surface area (Å²) in [6, 6.07) is 13.2. The Bertz CT molecular complexity index is 789. The van der Waals surface area contributed by atoms with E-state index in [1.54, 1.807) is 14.2 Å². The molecule has 3 rings (SSSR count). The maximum absolute atomic E-state index is 12.3. The Labute approximate surface area is 153 Å². The molecule has 1 amide bonds. The first-order valence-electron chi connectivity index (χ1n) is 8.83. The standard InChI is InChI=1S/C21H25NO4/c1-25-17-7-3-5-15(11-17)12-20(23)22-14-21(24)10-4-6-16-13-18(26-2)8-9-19(16)21/h3,5,7-9,11,13,24H,4,6,10,12,14H2,1-2H3,(H,22,23). The van der Waals surface area contributed by atoms with Crippen LogP contribution in [0.1, 0.15) is 29.5 Å². The van der Waals surface area contributed by atoms with Crippen molar-refractivity contribution in [3.8, 4) is 11.5 Å². The number of carbonyl (C=O) groups is 1. The van der Waals surface area contributed by atoms with E-state index in [9.17, 15) is 9.90 Å². The molecule has 0 aromatic heterocycles. The molecule has 0 radical (unpaired) electrons. The van der Waals surface area contributed by atoms with Gasteiger partial charge in [0.25, 0.3) is 0 Å². The zero-order valence-electron chi connectivity index (χ0n) is 15.2. The molecule has 0 spiro atoms. The Morgan fingerprint density at radius 3 is 2.69 bits per heavy atom. The van der Waals surface area contributed by atoms with Gasteiger partial charge in [-0.2, -0.15) is 0 Å². The molecular formula is C21H25NO4. The van der Waals surface area contributed by atoms with Crippen LogP contribution < -0.4 is 14.8 Å². The van der Waals surface area contributed by atoms with Crippen LogP contribution in [0.5, 0.6) is 11.5 Å². The fraction of sp³-hybridized carbons (Fsp3) is 0.381. The van der Waals surface area contributed by atoms with Gasteiger partial charge in [-0.15, -0.1) is 0 Å². The maximum atomic E-state index is 12.3. The summed E-state index contributed by atoms with van der Waals surface area (Å²) in [5.41, 5.74) is 1.80. The van der Waals surface area contributed by atoms with E-state index in [0.717, 1.165) is 41.0 Å². The third-order valence-electron chi connectivity index (χ3n) is 4.93. The van der Waals surface area contributed by atoms with Crippen molar-refractivity contribution in [2.45, 2.75) is 31.3 Å². The van der Waals surface area contributed by atoms with Crippen LogP contribution in [-0.2, 0) is 23.2 Å². The fourth-order valence-electron chi connectivity index (χ4n) is 3.52. The first kappa shape index (κ1) is 18.3. The highest BCUT2D eigenvalue weighted by molar-refractivity contribution is 5.78. The van der Waals surface area contributed by atoms with Gasteiger partial charge in [-0.25, -0.2) is 0 Å². The van der Waals surface area contributed by atoms with Crippen molar-refractivity contribution in [1.29, 1.82) is 0 Å². The van der Waals surface area contributed by atoms with Gasteiger partial charge in [-0.05, 0) is 60.2 Å². The van der Waals surface area contributed by atoms with Gasteiger partial charge in [-0.1, -0.05) is 18.2 Å². The van der Waals surface area contributed by atoms with Gasteiger partial charge in [0, 0.05) is 0 Å². The molecule has 1 aliphatic rings. The highest BCUT2D eigenvalue weighted by Gasteiger charge is 2.34. The number of hydrogen-bond acceptors (Lipinski definition) is 4. The Morgan fingerprint density at radius 2 is 1.92 bits per heavy atom. The van der Waals surface area contributed by atoms with Crippen LogP contribution in [0.15, 0.2) is 42.5 Å². The number of rotatable bonds is 6. The van der Waals surface area contributed by atoms with E-state index >= 15 is 0 Å². The normalized spacial score (nSPS) is 18.7. The van der Waals surface area contributed by atoms with Crippen LogP contribution in [-0.4, -0.2) is 31.8 Å². The third kappa shape index (κ3) is 3.99. The molecule has 2 aromatic carbocycles. The van der Waals surface area contributed by atoms with E-state index in [1.165, 1.54) is 0 Å². The predicted octanol–water partition coefficient (Wildman–Crippen LogP) is 2.59. The lowest BCUT2D eigenvalue weighted by atomic mass is 9.79. The van der Waals surface area contributed by atoms with Crippen LogP contribution >= 0.6 is 0 Å². The predicted molar refractivity (Wildman–Crippen MR) is 99.5 cm³/mol. The Balaban J connectivity index is 1.66. The molecule has 0 saturated carbocycles. The number of ether oxygens (including phenoxy) is 2. The largest absolute Gasteiger partial charge is 0.497 e. The van der Waals surface area contributed by atoms with Crippen molar-refractivity contribution in [2.24, 2.45) is 0 Å². The fourth-order valence-corrected chi connectivity index (χ4v) is 3.52. The van der Waals surface area contributed by atoms with Crippen molar-refractivity contribution in [3.63, 3.8) is 0 Å². The number of aliphatic hydroxyl groups is 1. The molecule has 1 aliphatic carbocycles. The SMILES string of the molecule is COc1cccc(CC(=O)NCC2(O)CCCc3cc(OC)ccc32)c1. The molecule has 5 nitrogen and oxygen atoms in total. The molecule has 5 heteroatoms. The van der Waals surface area contributed by atoms with E-state index in [1.807, 2.05) is 42.5 Å². The van der Waals surface area contributed by atoms with Gasteiger partial charge in [-0.3, -0.25) is 4.79 Å². The molecule has 0 aliphatic heterocycles. The molecule has 0 saturated heterocycles. The molecule has 0 bridgehead atoms. The Hall–Kier alpha value is -2.53. The number of nitrogens with one attached hydrogen (secondary N) is 1. The van der Waals surface area contributed by atoms with Crippen molar-refractivity contribution in [3.05, 3.63) is 59.2 Å². The van der Waals surface area contributed by atoms with Crippen LogP contribution in [0.3, 0.4) is 0 Å². The van der Waals surface area contributed by atoms with Crippen molar-refractivity contribution in [2.75, 3.05) is 20.8 Å². The number of hydrogen-bond donors (Lipinski definition) is 2. The first-order chi connectivity index (χ1) is 12.5. The summed E-state index contributed by atoms with van der Waals surface area (Å²) < 4.78 is 10.5. The number of fused-ring (bicyclic) bond motifs is 1. The Kier molecular flexibility index (Phi) is 5.47. The number of amides is 1. The molecular weight excluding hydrogens is 330 g/mol. The molecule has 2 N–H and O–H groups in total. The van der Waals surface area contributed by atoms with Gasteiger partial charge < -0.3 is 19.9 Å². The molecule has 0 heterocycles. The van der Waals surface area contributed by atoms with Crippen LogP contribution in [0.2, 0.25) is 0 Å². The maximum Gasteiger partial charge on any atom is 0.224 e. The minimum atomic E-state index is -1.04. The lowest BCUT2D eigenvalue weighted by molar-refractivity contribution is -0.122. The summed E-state index contributed by atoms with van der Waals surface area (Å²) >= 11 is 0. The molecule has 26 heavy (non-hydrogen) atoms. The van der Waals surface area contributed by atoms with Gasteiger partial charge in [0.15, 0.2) is 0 Å². The lowest BCUT2D eigenvalue weighted by Crippen LogP contribution is -2.43. The number of benzene rings is 2. The number of carbonyl (C=O) groups excluding carboxylic acids is 1. The number of methoxy groups -OCH3 is 2. The smallest absolute Gasteiger partial charge is 0.224 e. The van der Waals surface area contributed by atoms with Crippen molar-refractivity contribution >= 4 is 5.91 Å². The monoisotopic (exact) mass is 355 g/mol. The molecule has 138 valence electrons. The topological polar surface area (TPSA) is 67.8 Å². The van der Waals surface area contributed by atoms with E-state index in [2.05, 4.69) is 5.32 Å². The van der Waals surface area contributed by atoms with Crippen LogP contribution in [0.4, 0.5) is 0 Å². The first-order valence-corrected chi connectivity index (χ1v) is 8.83. The van der Waals surface area contributed by atoms with Crippen LogP contribution in [0.25, 0.3) is 0 Å². The van der Waals surface area contributed by atoms with Gasteiger partial charge in [0.2, 0.25) is 5.91 Å². The minimum absolute atomic E-state index is 0.118.